The predicted molar refractivity (Wildman–Crippen MR) is 129 cm³/mol. The van der Waals surface area contributed by atoms with Gasteiger partial charge in [-0.3, -0.25) is 24.3 Å². The van der Waals surface area contributed by atoms with Gasteiger partial charge in [0.15, 0.2) is 5.82 Å². The number of hydrogen-bond acceptors (Lipinski definition) is 7. The standard InChI is InChI=1S/C26H29N5O5/c1-15-13-18(30-35-15)29-22(32)19-20-24(34)31(17-9-6-12-27-14-17)21(26(20)11-10-25(19,2)36-26)23(33)28-16-7-4-3-5-8-16/h6,9-14,16,19-21H,3-5,7-8H2,1-2H3,(H,28,33)(H,29,30,32)/t19-,20-,21+,25-,26+/m0/s1. The number of nitrogens with one attached hydrogen (secondary N) is 2. The topological polar surface area (TPSA) is 127 Å². The lowest BCUT2D eigenvalue weighted by Gasteiger charge is -2.34. The van der Waals surface area contributed by atoms with Crippen molar-refractivity contribution in [3.63, 3.8) is 0 Å². The van der Waals surface area contributed by atoms with E-state index in [1.807, 2.05) is 6.08 Å². The van der Waals surface area contributed by atoms with E-state index in [1.165, 1.54) is 4.90 Å². The molecular formula is C26H29N5O5. The van der Waals surface area contributed by atoms with Gasteiger partial charge in [0.2, 0.25) is 17.7 Å². The number of carbonyl (C=O) groups is 3. The van der Waals surface area contributed by atoms with Gasteiger partial charge in [-0.05, 0) is 38.8 Å². The van der Waals surface area contributed by atoms with Crippen LogP contribution in [0.2, 0.25) is 0 Å². The van der Waals surface area contributed by atoms with Crippen LogP contribution < -0.4 is 15.5 Å². The number of carbonyl (C=O) groups excluding carboxylic acids is 3. The SMILES string of the molecule is Cc1cc(NC(=O)[C@@H]2[C@H]3C(=O)N(c4cccnc4)[C@H](C(=O)NC4CCCCC4)[C@@]34C=C[C@]2(C)O4)no1. The normalized spacial score (nSPS) is 33.1. The Bertz CT molecular complexity index is 1240. The second kappa shape index (κ2) is 8.26. The van der Waals surface area contributed by atoms with Crippen LogP contribution in [-0.2, 0) is 19.1 Å². The number of aryl methyl sites for hydroxylation is 1. The van der Waals surface area contributed by atoms with E-state index in [9.17, 15) is 14.4 Å². The molecule has 4 aliphatic rings. The molecule has 0 aromatic carbocycles. The summed E-state index contributed by atoms with van der Waals surface area (Å²) in [7, 11) is 0. The van der Waals surface area contributed by atoms with E-state index in [4.69, 9.17) is 9.26 Å². The van der Waals surface area contributed by atoms with E-state index in [-0.39, 0.29) is 23.7 Å². The van der Waals surface area contributed by atoms with Crippen LogP contribution in [0.25, 0.3) is 0 Å². The van der Waals surface area contributed by atoms with E-state index in [2.05, 4.69) is 20.8 Å². The zero-order chi connectivity index (χ0) is 25.1. The molecule has 0 radical (unpaired) electrons. The first kappa shape index (κ1) is 22.9. The first-order valence-electron chi connectivity index (χ1n) is 12.5. The van der Waals surface area contributed by atoms with Crippen molar-refractivity contribution in [3.8, 4) is 0 Å². The Balaban J connectivity index is 1.39. The fourth-order valence-corrected chi connectivity index (χ4v) is 6.46. The summed E-state index contributed by atoms with van der Waals surface area (Å²) in [5, 5.41) is 9.80. The maximum absolute atomic E-state index is 14.1. The minimum absolute atomic E-state index is 0.0558. The molecule has 2 aromatic rings. The molecule has 5 heterocycles. The van der Waals surface area contributed by atoms with Crippen molar-refractivity contribution in [2.24, 2.45) is 11.8 Å². The summed E-state index contributed by atoms with van der Waals surface area (Å²) >= 11 is 0. The highest BCUT2D eigenvalue weighted by molar-refractivity contribution is 6.11. The third-order valence-corrected chi connectivity index (χ3v) is 7.98. The Morgan fingerprint density at radius 1 is 1.17 bits per heavy atom. The van der Waals surface area contributed by atoms with Gasteiger partial charge in [0.25, 0.3) is 0 Å². The van der Waals surface area contributed by atoms with Crippen molar-refractivity contribution < 1.29 is 23.6 Å². The molecule has 3 fully saturated rings. The molecule has 2 aromatic heterocycles. The minimum Gasteiger partial charge on any atom is -0.360 e. The second-order valence-corrected chi connectivity index (χ2v) is 10.4. The number of pyridine rings is 1. The van der Waals surface area contributed by atoms with Crippen LogP contribution in [0, 0.1) is 18.8 Å². The number of amides is 3. The second-order valence-electron chi connectivity index (χ2n) is 10.4. The third-order valence-electron chi connectivity index (χ3n) is 7.98. The van der Waals surface area contributed by atoms with Gasteiger partial charge in [-0.25, -0.2) is 0 Å². The number of aromatic nitrogens is 2. The summed E-state index contributed by atoms with van der Waals surface area (Å²) in [6.45, 7) is 3.51. The Morgan fingerprint density at radius 2 is 1.97 bits per heavy atom. The molecule has 3 aliphatic heterocycles. The highest BCUT2D eigenvalue weighted by atomic mass is 16.5. The zero-order valence-electron chi connectivity index (χ0n) is 20.3. The number of rotatable bonds is 5. The third kappa shape index (κ3) is 3.38. The molecule has 6 rings (SSSR count). The predicted octanol–water partition coefficient (Wildman–Crippen LogP) is 2.51. The van der Waals surface area contributed by atoms with Crippen LogP contribution in [0.15, 0.2) is 47.3 Å². The monoisotopic (exact) mass is 491 g/mol. The average molecular weight is 492 g/mol. The van der Waals surface area contributed by atoms with Crippen molar-refractivity contribution in [1.29, 1.82) is 0 Å². The van der Waals surface area contributed by atoms with Gasteiger partial charge in [-0.15, -0.1) is 0 Å². The Hall–Kier alpha value is -3.53. The van der Waals surface area contributed by atoms with Crippen molar-refractivity contribution in [2.45, 2.75) is 69.2 Å². The number of nitrogens with zero attached hydrogens (tertiary/aromatic N) is 3. The highest BCUT2D eigenvalue weighted by Crippen LogP contribution is 2.60. The molecule has 1 spiro atoms. The van der Waals surface area contributed by atoms with Crippen molar-refractivity contribution in [2.75, 3.05) is 10.2 Å². The lowest BCUT2D eigenvalue weighted by atomic mass is 9.70. The molecule has 1 aliphatic carbocycles. The van der Waals surface area contributed by atoms with Crippen LogP contribution in [-0.4, -0.2) is 51.1 Å². The number of fused-ring (bicyclic) bond motifs is 1. The highest BCUT2D eigenvalue weighted by Gasteiger charge is 2.76. The summed E-state index contributed by atoms with van der Waals surface area (Å²) in [5.41, 5.74) is -1.83. The van der Waals surface area contributed by atoms with E-state index in [0.717, 1.165) is 32.1 Å². The largest absolute Gasteiger partial charge is 0.360 e. The van der Waals surface area contributed by atoms with E-state index < -0.39 is 35.0 Å². The van der Waals surface area contributed by atoms with Crippen molar-refractivity contribution >= 4 is 29.2 Å². The van der Waals surface area contributed by atoms with Crippen molar-refractivity contribution in [3.05, 3.63) is 48.5 Å². The zero-order valence-corrected chi connectivity index (χ0v) is 20.3. The molecule has 3 amide bonds. The minimum atomic E-state index is -1.28. The molecular weight excluding hydrogens is 462 g/mol. The molecule has 2 saturated heterocycles. The molecule has 188 valence electrons. The summed E-state index contributed by atoms with van der Waals surface area (Å²) < 4.78 is 11.6. The quantitative estimate of drug-likeness (QED) is 0.616. The molecule has 36 heavy (non-hydrogen) atoms. The van der Waals surface area contributed by atoms with Gasteiger partial charge < -0.3 is 19.9 Å². The van der Waals surface area contributed by atoms with Crippen LogP contribution in [0.4, 0.5) is 11.5 Å². The van der Waals surface area contributed by atoms with Crippen LogP contribution >= 0.6 is 0 Å². The van der Waals surface area contributed by atoms with Gasteiger partial charge in [0, 0.05) is 18.3 Å². The maximum atomic E-state index is 14.1. The average Bonchev–Trinajstić information content (AvgIpc) is 3.57. The number of hydrogen-bond donors (Lipinski definition) is 2. The van der Waals surface area contributed by atoms with Gasteiger partial charge in [-0.1, -0.05) is 36.6 Å². The summed E-state index contributed by atoms with van der Waals surface area (Å²) in [6.07, 6.45) is 11.9. The van der Waals surface area contributed by atoms with E-state index >= 15 is 0 Å². The lowest BCUT2D eigenvalue weighted by molar-refractivity contribution is -0.131. The van der Waals surface area contributed by atoms with Crippen molar-refractivity contribution in [1.82, 2.24) is 15.5 Å². The first-order chi connectivity index (χ1) is 17.3. The van der Waals surface area contributed by atoms with Crippen LogP contribution in [0.3, 0.4) is 0 Å². The first-order valence-corrected chi connectivity index (χ1v) is 12.5. The smallest absolute Gasteiger partial charge is 0.246 e. The lowest BCUT2D eigenvalue weighted by Crippen LogP contribution is -2.56. The molecule has 2 bridgehead atoms. The molecule has 0 unspecified atom stereocenters. The molecule has 10 heteroatoms. The Labute approximate surface area is 208 Å². The number of anilines is 2. The number of ether oxygens (including phenoxy) is 1. The van der Waals surface area contributed by atoms with Crippen LogP contribution in [0.1, 0.15) is 44.8 Å². The summed E-state index contributed by atoms with van der Waals surface area (Å²) in [5.74, 6) is -1.95. The van der Waals surface area contributed by atoms with Gasteiger partial charge in [0.1, 0.15) is 17.4 Å². The molecule has 5 atom stereocenters. The Morgan fingerprint density at radius 3 is 2.67 bits per heavy atom. The van der Waals surface area contributed by atoms with E-state index in [1.54, 1.807) is 50.5 Å². The van der Waals surface area contributed by atoms with Gasteiger partial charge in [0.05, 0.1) is 29.3 Å². The molecule has 1 saturated carbocycles. The Kier molecular flexibility index (Phi) is 5.26. The summed E-state index contributed by atoms with van der Waals surface area (Å²) in [6, 6.07) is 4.16. The summed E-state index contributed by atoms with van der Waals surface area (Å²) in [4.78, 5) is 47.1. The molecule has 2 N–H and O–H groups in total. The fraction of sp³-hybridized carbons (Fsp3) is 0.500. The van der Waals surface area contributed by atoms with Gasteiger partial charge >= 0.3 is 0 Å². The fourth-order valence-electron chi connectivity index (χ4n) is 6.46. The maximum Gasteiger partial charge on any atom is 0.246 e. The van der Waals surface area contributed by atoms with Crippen LogP contribution in [0.5, 0.6) is 0 Å². The van der Waals surface area contributed by atoms with E-state index in [0.29, 0.717) is 11.4 Å². The van der Waals surface area contributed by atoms with Gasteiger partial charge in [-0.2, -0.15) is 0 Å². The molecule has 10 nitrogen and oxygen atoms in total.